The van der Waals surface area contributed by atoms with Gasteiger partial charge in [0.15, 0.2) is 5.82 Å². The quantitative estimate of drug-likeness (QED) is 0.654. The first-order valence-electron chi connectivity index (χ1n) is 9.04. The van der Waals surface area contributed by atoms with E-state index in [4.69, 9.17) is 0 Å². The first-order valence-corrected chi connectivity index (χ1v) is 10.5. The number of hydrogen-bond donors (Lipinski definition) is 0. The molecule has 6 nitrogen and oxygen atoms in total. The van der Waals surface area contributed by atoms with Crippen molar-refractivity contribution in [1.29, 1.82) is 0 Å². The number of hydrogen-bond acceptors (Lipinski definition) is 5. The van der Waals surface area contributed by atoms with Crippen molar-refractivity contribution in [3.63, 3.8) is 0 Å². The molecule has 2 aromatic carbocycles. The van der Waals surface area contributed by atoms with Gasteiger partial charge in [0.05, 0.1) is 5.69 Å². The smallest absolute Gasteiger partial charge is 0.246 e. The molecule has 0 amide bonds. The molecule has 3 aromatic rings. The van der Waals surface area contributed by atoms with Crippen LogP contribution in [0.1, 0.15) is 0 Å². The molecule has 1 aliphatic heterocycles. The van der Waals surface area contributed by atoms with Gasteiger partial charge >= 0.3 is 0 Å². The average molecular weight is 416 g/mol. The molecule has 0 saturated carbocycles. The molecular formula is C20H18F2N4O2S. The predicted octanol–water partition coefficient (Wildman–Crippen LogP) is 2.93. The molecular weight excluding hydrogens is 398 g/mol. The van der Waals surface area contributed by atoms with E-state index in [9.17, 15) is 17.2 Å². The fourth-order valence-corrected chi connectivity index (χ4v) is 4.73. The Hall–Kier alpha value is -2.91. The largest absolute Gasteiger partial charge is 0.352 e. The summed E-state index contributed by atoms with van der Waals surface area (Å²) in [5, 5.41) is 8.49. The van der Waals surface area contributed by atoms with Crippen molar-refractivity contribution in [3.8, 4) is 11.3 Å². The van der Waals surface area contributed by atoms with E-state index in [1.165, 1.54) is 0 Å². The molecule has 0 N–H and O–H groups in total. The Labute approximate surface area is 167 Å². The van der Waals surface area contributed by atoms with E-state index in [-0.39, 0.29) is 13.1 Å². The van der Waals surface area contributed by atoms with Crippen molar-refractivity contribution in [2.75, 3.05) is 31.1 Å². The molecule has 150 valence electrons. The van der Waals surface area contributed by atoms with E-state index in [0.717, 1.165) is 27.7 Å². The highest BCUT2D eigenvalue weighted by Gasteiger charge is 2.31. The summed E-state index contributed by atoms with van der Waals surface area (Å²) in [7, 11) is -4.11. The summed E-state index contributed by atoms with van der Waals surface area (Å²) in [6.07, 6.45) is 0. The van der Waals surface area contributed by atoms with Gasteiger partial charge in [0.2, 0.25) is 10.0 Å². The molecule has 29 heavy (non-hydrogen) atoms. The normalized spacial score (nSPS) is 15.4. The highest BCUT2D eigenvalue weighted by atomic mass is 32.2. The molecule has 2 heterocycles. The summed E-state index contributed by atoms with van der Waals surface area (Å²) in [6, 6.07) is 15.8. The van der Waals surface area contributed by atoms with E-state index in [1.54, 1.807) is 0 Å². The first kappa shape index (κ1) is 19.4. The van der Waals surface area contributed by atoms with Gasteiger partial charge < -0.3 is 4.90 Å². The Balaban J connectivity index is 1.46. The lowest BCUT2D eigenvalue weighted by molar-refractivity contribution is 0.380. The molecule has 0 spiro atoms. The molecule has 9 heteroatoms. The molecule has 4 rings (SSSR count). The molecule has 0 radical (unpaired) electrons. The zero-order valence-electron chi connectivity index (χ0n) is 15.4. The molecule has 1 saturated heterocycles. The second-order valence-corrected chi connectivity index (χ2v) is 8.52. The Morgan fingerprint density at radius 2 is 1.55 bits per heavy atom. The van der Waals surface area contributed by atoms with Crippen molar-refractivity contribution in [2.45, 2.75) is 4.90 Å². The molecule has 1 fully saturated rings. The van der Waals surface area contributed by atoms with Crippen molar-refractivity contribution in [3.05, 3.63) is 72.3 Å². The number of aromatic nitrogens is 2. The van der Waals surface area contributed by atoms with Crippen LogP contribution in [0.15, 0.2) is 65.6 Å². The maximum absolute atomic E-state index is 13.9. The van der Waals surface area contributed by atoms with Crippen LogP contribution >= 0.6 is 0 Å². The van der Waals surface area contributed by atoms with E-state index in [0.29, 0.717) is 25.0 Å². The minimum Gasteiger partial charge on any atom is -0.352 e. The second kappa shape index (κ2) is 7.84. The second-order valence-electron chi connectivity index (χ2n) is 6.61. The van der Waals surface area contributed by atoms with Gasteiger partial charge in [0.25, 0.3) is 0 Å². The van der Waals surface area contributed by atoms with Crippen molar-refractivity contribution < 1.29 is 17.2 Å². The van der Waals surface area contributed by atoms with Crippen LogP contribution in [0.3, 0.4) is 0 Å². The zero-order valence-corrected chi connectivity index (χ0v) is 16.2. The van der Waals surface area contributed by atoms with Crippen LogP contribution in [-0.4, -0.2) is 49.1 Å². The predicted molar refractivity (Wildman–Crippen MR) is 105 cm³/mol. The Morgan fingerprint density at radius 3 is 2.21 bits per heavy atom. The lowest BCUT2D eigenvalue weighted by Crippen LogP contribution is -2.49. The molecule has 1 aromatic heterocycles. The van der Waals surface area contributed by atoms with Gasteiger partial charge in [-0.15, -0.1) is 10.2 Å². The molecule has 1 aliphatic rings. The van der Waals surface area contributed by atoms with Crippen LogP contribution in [0.5, 0.6) is 0 Å². The number of halogens is 2. The number of nitrogens with zero attached hydrogens (tertiary/aromatic N) is 4. The van der Waals surface area contributed by atoms with Gasteiger partial charge in [0.1, 0.15) is 16.5 Å². The number of piperazine rings is 1. The molecule has 0 unspecified atom stereocenters. The summed E-state index contributed by atoms with van der Waals surface area (Å²) in [4.78, 5) is 1.27. The monoisotopic (exact) mass is 416 g/mol. The van der Waals surface area contributed by atoms with Crippen molar-refractivity contribution >= 4 is 15.8 Å². The van der Waals surface area contributed by atoms with Crippen LogP contribution in [0.4, 0.5) is 14.6 Å². The highest BCUT2D eigenvalue weighted by molar-refractivity contribution is 7.89. The third-order valence-electron chi connectivity index (χ3n) is 4.79. The maximum Gasteiger partial charge on any atom is 0.246 e. The third kappa shape index (κ3) is 3.96. The number of anilines is 1. The summed E-state index contributed by atoms with van der Waals surface area (Å²) >= 11 is 0. The van der Waals surface area contributed by atoms with Gasteiger partial charge in [-0.05, 0) is 30.3 Å². The number of sulfonamides is 1. The summed E-state index contributed by atoms with van der Waals surface area (Å²) in [5.74, 6) is -1.12. The van der Waals surface area contributed by atoms with Crippen LogP contribution in [0.2, 0.25) is 0 Å². The lowest BCUT2D eigenvalue weighted by Gasteiger charge is -2.34. The Kier molecular flexibility index (Phi) is 5.25. The standard InChI is InChI=1S/C20H18F2N4O2S/c21-16-6-7-17(22)19(14-16)29(27,28)26-12-10-25(11-13-26)20-9-8-18(23-24-20)15-4-2-1-3-5-15/h1-9,14H,10-13H2. The Bertz CT molecular complexity index is 1100. The van der Waals surface area contributed by atoms with E-state index in [1.807, 2.05) is 47.4 Å². The number of rotatable bonds is 4. The highest BCUT2D eigenvalue weighted by Crippen LogP contribution is 2.23. The number of benzene rings is 2. The van der Waals surface area contributed by atoms with Gasteiger partial charge in [-0.2, -0.15) is 4.31 Å². The van der Waals surface area contributed by atoms with Crippen LogP contribution in [0, 0.1) is 11.6 Å². The van der Waals surface area contributed by atoms with Gasteiger partial charge in [-0.25, -0.2) is 17.2 Å². The van der Waals surface area contributed by atoms with E-state index in [2.05, 4.69) is 10.2 Å². The summed E-state index contributed by atoms with van der Waals surface area (Å²) < 4.78 is 53.9. The van der Waals surface area contributed by atoms with Crippen molar-refractivity contribution in [2.24, 2.45) is 0 Å². The third-order valence-corrected chi connectivity index (χ3v) is 6.71. The molecule has 0 aliphatic carbocycles. The van der Waals surface area contributed by atoms with Gasteiger partial charge in [-0.1, -0.05) is 30.3 Å². The first-order chi connectivity index (χ1) is 13.9. The Morgan fingerprint density at radius 1 is 0.828 bits per heavy atom. The van der Waals surface area contributed by atoms with Crippen molar-refractivity contribution in [1.82, 2.24) is 14.5 Å². The molecule has 0 bridgehead atoms. The van der Waals surface area contributed by atoms with Crippen LogP contribution in [0.25, 0.3) is 11.3 Å². The zero-order chi connectivity index (χ0) is 20.4. The topological polar surface area (TPSA) is 66.4 Å². The van der Waals surface area contributed by atoms with Crippen LogP contribution < -0.4 is 4.90 Å². The van der Waals surface area contributed by atoms with Gasteiger partial charge in [0, 0.05) is 31.7 Å². The fraction of sp³-hybridized carbons (Fsp3) is 0.200. The van der Waals surface area contributed by atoms with E-state index >= 15 is 0 Å². The lowest BCUT2D eigenvalue weighted by atomic mass is 10.1. The van der Waals surface area contributed by atoms with E-state index < -0.39 is 26.6 Å². The fourth-order valence-electron chi connectivity index (χ4n) is 3.23. The van der Waals surface area contributed by atoms with Gasteiger partial charge in [-0.3, -0.25) is 0 Å². The maximum atomic E-state index is 13.9. The average Bonchev–Trinajstić information content (AvgIpc) is 2.76. The minimum atomic E-state index is -4.11. The minimum absolute atomic E-state index is 0.139. The van der Waals surface area contributed by atoms with Crippen LogP contribution in [-0.2, 0) is 10.0 Å². The molecule has 0 atom stereocenters. The summed E-state index contributed by atoms with van der Waals surface area (Å²) in [5.41, 5.74) is 1.71. The summed E-state index contributed by atoms with van der Waals surface area (Å²) in [6.45, 7) is 1.02. The SMILES string of the molecule is O=S(=O)(c1cc(F)ccc1F)N1CCN(c2ccc(-c3ccccc3)nn2)CC1.